The maximum absolute atomic E-state index is 13.7. The van der Waals surface area contributed by atoms with Crippen molar-refractivity contribution < 1.29 is 19.0 Å². The van der Waals surface area contributed by atoms with Crippen LogP contribution in [0.5, 0.6) is 11.5 Å². The minimum Gasteiger partial charge on any atom is -0.465 e. The molecule has 196 valence electrons. The third kappa shape index (κ3) is 4.77. The number of benzene rings is 2. The molecule has 2 saturated heterocycles. The van der Waals surface area contributed by atoms with Crippen molar-refractivity contribution in [3.8, 4) is 11.5 Å². The molecule has 12 heteroatoms. The second kappa shape index (κ2) is 9.45. The van der Waals surface area contributed by atoms with Crippen LogP contribution in [0.15, 0.2) is 53.7 Å². The highest BCUT2D eigenvalue weighted by molar-refractivity contribution is 5.85. The number of amides is 1. The highest BCUT2D eigenvalue weighted by atomic mass is 19.1. The summed E-state index contributed by atoms with van der Waals surface area (Å²) in [5, 5.41) is 11.3. The number of carbonyl (C=O) groups is 1. The van der Waals surface area contributed by atoms with Gasteiger partial charge in [-0.2, -0.15) is 0 Å². The van der Waals surface area contributed by atoms with Gasteiger partial charge in [0, 0.05) is 37.7 Å². The predicted octanol–water partition coefficient (Wildman–Crippen LogP) is 3.77. The van der Waals surface area contributed by atoms with E-state index in [2.05, 4.69) is 35.1 Å². The van der Waals surface area contributed by atoms with Gasteiger partial charge in [-0.1, -0.05) is 6.07 Å². The molecular weight excluding hydrogens is 493 g/mol. The Kier molecular flexibility index (Phi) is 5.95. The van der Waals surface area contributed by atoms with Crippen LogP contribution in [0.4, 0.5) is 20.7 Å². The summed E-state index contributed by atoms with van der Waals surface area (Å²) in [5.74, 6) is 0.557. The van der Waals surface area contributed by atoms with Gasteiger partial charge in [0.25, 0.3) is 0 Å². The number of anilines is 2. The molecule has 0 aliphatic carbocycles. The number of aromatic nitrogens is 4. The molecular formula is C26H26FN7O4. The zero-order chi connectivity index (χ0) is 26.3. The molecule has 1 unspecified atom stereocenters. The number of hydrogen-bond donors (Lipinski definition) is 4. The van der Waals surface area contributed by atoms with Crippen LogP contribution in [0.25, 0.3) is 11.0 Å². The van der Waals surface area contributed by atoms with Gasteiger partial charge in [-0.05, 0) is 49.2 Å². The fraction of sp³-hybridized carbons (Fsp3) is 0.308. The maximum Gasteiger partial charge on any atom is 0.409 e. The summed E-state index contributed by atoms with van der Waals surface area (Å²) in [5.41, 5.74) is 2.67. The second-order valence-electron chi connectivity index (χ2n) is 9.97. The smallest absolute Gasteiger partial charge is 0.409 e. The van der Waals surface area contributed by atoms with Gasteiger partial charge in [0.15, 0.2) is 17.3 Å². The summed E-state index contributed by atoms with van der Waals surface area (Å²) in [7, 11) is 0. The molecule has 2 aliphatic heterocycles. The highest BCUT2D eigenvalue weighted by Gasteiger charge is 2.44. The van der Waals surface area contributed by atoms with Crippen molar-refractivity contribution >= 4 is 28.6 Å². The number of rotatable bonds is 6. The van der Waals surface area contributed by atoms with Crippen molar-refractivity contribution in [2.24, 2.45) is 5.41 Å². The topological polar surface area (TPSA) is 139 Å². The summed E-state index contributed by atoms with van der Waals surface area (Å²) in [6, 6.07) is 9.64. The molecule has 6 rings (SSSR count). The minimum absolute atomic E-state index is 0.00136. The summed E-state index contributed by atoms with van der Waals surface area (Å²) in [4.78, 5) is 41.5. The van der Waals surface area contributed by atoms with Gasteiger partial charge in [0.2, 0.25) is 0 Å². The first-order valence-electron chi connectivity index (χ1n) is 12.3. The van der Waals surface area contributed by atoms with E-state index < -0.39 is 11.9 Å². The van der Waals surface area contributed by atoms with E-state index in [4.69, 9.17) is 9.84 Å². The van der Waals surface area contributed by atoms with Crippen molar-refractivity contribution in [2.45, 2.75) is 19.4 Å². The first-order valence-corrected chi connectivity index (χ1v) is 12.3. The molecule has 38 heavy (non-hydrogen) atoms. The van der Waals surface area contributed by atoms with Gasteiger partial charge >= 0.3 is 11.8 Å². The molecule has 4 aromatic rings. The van der Waals surface area contributed by atoms with E-state index >= 15 is 0 Å². The Morgan fingerprint density at radius 1 is 1.11 bits per heavy atom. The summed E-state index contributed by atoms with van der Waals surface area (Å²) >= 11 is 0. The van der Waals surface area contributed by atoms with Crippen LogP contribution in [0.1, 0.15) is 18.4 Å². The Morgan fingerprint density at radius 3 is 2.82 bits per heavy atom. The fourth-order valence-electron chi connectivity index (χ4n) is 5.59. The maximum atomic E-state index is 13.7. The normalized spacial score (nSPS) is 19.4. The molecule has 11 nitrogen and oxygen atoms in total. The first-order chi connectivity index (χ1) is 18.4. The third-order valence-corrected chi connectivity index (χ3v) is 7.30. The first kappa shape index (κ1) is 23.9. The van der Waals surface area contributed by atoms with E-state index in [1.807, 2.05) is 18.2 Å². The quantitative estimate of drug-likeness (QED) is 0.302. The Bertz CT molecular complexity index is 1570. The Labute approximate surface area is 216 Å². The Hall–Kier alpha value is -4.45. The van der Waals surface area contributed by atoms with Crippen LogP contribution in [0.3, 0.4) is 0 Å². The van der Waals surface area contributed by atoms with Crippen molar-refractivity contribution in [2.75, 3.05) is 36.4 Å². The molecule has 2 aromatic heterocycles. The number of halogens is 1. The SMILES string of the molecule is O=C(O)Nc1cc(F)ccc1Oc1cncnc1N1CCC2(CCN(Cc3ccc4[nH]c(=O)[nH]c4c3)C2)C1. The molecule has 1 amide bonds. The number of aromatic amines is 2. The van der Waals surface area contributed by atoms with E-state index in [0.717, 1.165) is 68.2 Å². The van der Waals surface area contributed by atoms with Crippen LogP contribution in [0, 0.1) is 11.2 Å². The van der Waals surface area contributed by atoms with Crippen molar-refractivity contribution in [1.29, 1.82) is 0 Å². The van der Waals surface area contributed by atoms with E-state index in [1.54, 1.807) is 0 Å². The van der Waals surface area contributed by atoms with E-state index in [9.17, 15) is 14.0 Å². The lowest BCUT2D eigenvalue weighted by Crippen LogP contribution is -2.31. The van der Waals surface area contributed by atoms with Crippen LogP contribution in [-0.2, 0) is 6.54 Å². The zero-order valence-corrected chi connectivity index (χ0v) is 20.4. The number of nitrogens with zero attached hydrogens (tertiary/aromatic N) is 4. The van der Waals surface area contributed by atoms with Gasteiger partial charge in [0.05, 0.1) is 22.9 Å². The van der Waals surface area contributed by atoms with Crippen LogP contribution in [-0.4, -0.2) is 62.2 Å². The lowest BCUT2D eigenvalue weighted by Gasteiger charge is -2.26. The molecule has 0 saturated carbocycles. The Morgan fingerprint density at radius 2 is 1.95 bits per heavy atom. The van der Waals surface area contributed by atoms with Gasteiger partial charge < -0.3 is 24.7 Å². The molecule has 2 aliphatic rings. The van der Waals surface area contributed by atoms with E-state index in [0.29, 0.717) is 11.6 Å². The molecule has 2 fully saturated rings. The number of hydrogen-bond acceptors (Lipinski definition) is 7. The van der Waals surface area contributed by atoms with Crippen molar-refractivity contribution in [1.82, 2.24) is 24.8 Å². The number of nitrogens with one attached hydrogen (secondary N) is 3. The van der Waals surface area contributed by atoms with Crippen molar-refractivity contribution in [3.63, 3.8) is 0 Å². The monoisotopic (exact) mass is 519 g/mol. The second-order valence-corrected chi connectivity index (χ2v) is 9.97. The number of imidazole rings is 1. The lowest BCUT2D eigenvalue weighted by atomic mass is 9.86. The lowest BCUT2D eigenvalue weighted by molar-refractivity contribution is 0.209. The number of ether oxygens (including phenoxy) is 1. The molecule has 1 spiro atoms. The predicted molar refractivity (Wildman–Crippen MR) is 138 cm³/mol. The number of likely N-dealkylation sites (tertiary alicyclic amines) is 1. The van der Waals surface area contributed by atoms with Crippen LogP contribution >= 0.6 is 0 Å². The van der Waals surface area contributed by atoms with Gasteiger partial charge in [-0.15, -0.1) is 0 Å². The summed E-state index contributed by atoms with van der Waals surface area (Å²) in [6.07, 6.45) is 3.72. The largest absolute Gasteiger partial charge is 0.465 e. The molecule has 4 N–H and O–H groups in total. The van der Waals surface area contributed by atoms with Gasteiger partial charge in [-0.25, -0.2) is 23.9 Å². The van der Waals surface area contributed by atoms with Crippen LogP contribution < -0.4 is 20.6 Å². The van der Waals surface area contributed by atoms with Crippen molar-refractivity contribution in [3.05, 3.63) is 70.8 Å². The molecule has 2 aromatic carbocycles. The molecule has 0 radical (unpaired) electrons. The number of fused-ring (bicyclic) bond motifs is 1. The Balaban J connectivity index is 1.16. The highest BCUT2D eigenvalue weighted by Crippen LogP contribution is 2.43. The molecule has 4 heterocycles. The van der Waals surface area contributed by atoms with E-state index in [1.165, 1.54) is 24.7 Å². The zero-order valence-electron chi connectivity index (χ0n) is 20.4. The summed E-state index contributed by atoms with van der Waals surface area (Å²) in [6.45, 7) is 4.31. The number of H-pyrrole nitrogens is 2. The standard InChI is InChI=1S/C26H26FN7O4/c27-17-2-4-21(20(10-17)32-25(36)37)38-22-11-28-15-29-23(22)34-8-6-26(14-34)5-7-33(13-26)12-16-1-3-18-19(9-16)31-24(35)30-18/h1-4,9-11,15,32H,5-8,12-14H2,(H,36,37)(H2,30,31,35). The average Bonchev–Trinajstić information content (AvgIpc) is 3.58. The molecule has 0 bridgehead atoms. The average molecular weight is 520 g/mol. The molecule has 1 atom stereocenters. The summed E-state index contributed by atoms with van der Waals surface area (Å²) < 4.78 is 19.7. The third-order valence-electron chi connectivity index (χ3n) is 7.30. The fourth-order valence-corrected chi connectivity index (χ4v) is 5.59. The van der Waals surface area contributed by atoms with E-state index in [-0.39, 0.29) is 22.5 Å². The van der Waals surface area contributed by atoms with Gasteiger partial charge in [-0.3, -0.25) is 10.2 Å². The van der Waals surface area contributed by atoms with Crippen LogP contribution in [0.2, 0.25) is 0 Å². The minimum atomic E-state index is -1.32. The number of carboxylic acid groups (broad SMARTS) is 1. The van der Waals surface area contributed by atoms with Gasteiger partial charge in [0.1, 0.15) is 12.1 Å².